The maximum Gasteiger partial charge on any atom is 0.131 e. The highest BCUT2D eigenvalue weighted by Gasteiger charge is 2.11. The first-order valence-electron chi connectivity index (χ1n) is 6.16. The van der Waals surface area contributed by atoms with Gasteiger partial charge in [-0.1, -0.05) is 6.92 Å². The Morgan fingerprint density at radius 2 is 2.05 bits per heavy atom. The molecule has 0 unspecified atom stereocenters. The third kappa shape index (κ3) is 3.85. The molecule has 1 heterocycles. The molecule has 0 bridgehead atoms. The average molecular weight is 315 g/mol. The molecule has 1 N–H and O–H groups in total. The van der Waals surface area contributed by atoms with Gasteiger partial charge in [-0.3, -0.25) is 0 Å². The molecule has 0 saturated carbocycles. The van der Waals surface area contributed by atoms with Crippen LogP contribution in [0.15, 0.2) is 23.6 Å². The second kappa shape index (κ2) is 8.09. The van der Waals surface area contributed by atoms with Crippen LogP contribution in [0.4, 0.5) is 0 Å². The summed E-state index contributed by atoms with van der Waals surface area (Å²) >= 11 is 1.65. The van der Waals surface area contributed by atoms with Crippen molar-refractivity contribution >= 4 is 23.7 Å². The SMILES string of the molecule is CCNCc1nc(-c2ccc(OC)cc2OC)cs1.Cl. The Labute approximate surface area is 129 Å². The molecule has 0 amide bonds. The van der Waals surface area contributed by atoms with E-state index < -0.39 is 0 Å². The fraction of sp³-hybridized carbons (Fsp3) is 0.357. The third-order valence-corrected chi connectivity index (χ3v) is 3.61. The fourth-order valence-electron chi connectivity index (χ4n) is 1.76. The van der Waals surface area contributed by atoms with Gasteiger partial charge in [0.25, 0.3) is 0 Å². The number of nitrogens with zero attached hydrogens (tertiary/aromatic N) is 1. The maximum atomic E-state index is 5.40. The van der Waals surface area contributed by atoms with Crippen LogP contribution in [0.1, 0.15) is 11.9 Å². The summed E-state index contributed by atoms with van der Waals surface area (Å²) in [6.45, 7) is 3.83. The maximum absolute atomic E-state index is 5.40. The van der Waals surface area contributed by atoms with Crippen molar-refractivity contribution < 1.29 is 9.47 Å². The lowest BCUT2D eigenvalue weighted by Gasteiger charge is -2.08. The molecule has 2 aromatic rings. The predicted octanol–water partition coefficient (Wildman–Crippen LogP) is 3.36. The zero-order valence-electron chi connectivity index (χ0n) is 11.8. The number of aromatic nitrogens is 1. The molecular formula is C14H19ClN2O2S. The van der Waals surface area contributed by atoms with E-state index in [0.29, 0.717) is 0 Å². The van der Waals surface area contributed by atoms with Gasteiger partial charge >= 0.3 is 0 Å². The van der Waals surface area contributed by atoms with Crippen LogP contribution in [0.3, 0.4) is 0 Å². The molecule has 0 fully saturated rings. The van der Waals surface area contributed by atoms with Crippen LogP contribution in [-0.2, 0) is 6.54 Å². The fourth-order valence-corrected chi connectivity index (χ4v) is 2.52. The number of benzene rings is 1. The minimum absolute atomic E-state index is 0. The highest BCUT2D eigenvalue weighted by Crippen LogP contribution is 2.33. The largest absolute Gasteiger partial charge is 0.497 e. The van der Waals surface area contributed by atoms with Crippen LogP contribution in [0.2, 0.25) is 0 Å². The van der Waals surface area contributed by atoms with Crippen molar-refractivity contribution in [1.29, 1.82) is 0 Å². The molecule has 0 aliphatic heterocycles. The van der Waals surface area contributed by atoms with Crippen molar-refractivity contribution in [3.05, 3.63) is 28.6 Å². The van der Waals surface area contributed by atoms with Gasteiger partial charge in [0.05, 0.1) is 19.9 Å². The average Bonchev–Trinajstić information content (AvgIpc) is 2.92. The molecule has 1 aromatic carbocycles. The lowest BCUT2D eigenvalue weighted by atomic mass is 10.1. The normalized spacial score (nSPS) is 9.95. The lowest BCUT2D eigenvalue weighted by molar-refractivity contribution is 0.395. The van der Waals surface area contributed by atoms with E-state index in [2.05, 4.69) is 22.6 Å². The van der Waals surface area contributed by atoms with E-state index in [1.54, 1.807) is 25.6 Å². The second-order valence-corrected chi connectivity index (χ2v) is 4.92. The molecular weight excluding hydrogens is 296 g/mol. The Kier molecular flexibility index (Phi) is 6.78. The number of hydrogen-bond donors (Lipinski definition) is 1. The summed E-state index contributed by atoms with van der Waals surface area (Å²) < 4.78 is 10.6. The van der Waals surface area contributed by atoms with Crippen molar-refractivity contribution in [2.45, 2.75) is 13.5 Å². The molecule has 4 nitrogen and oxygen atoms in total. The number of thiazole rings is 1. The minimum Gasteiger partial charge on any atom is -0.497 e. The van der Waals surface area contributed by atoms with Crippen LogP contribution >= 0.6 is 23.7 Å². The summed E-state index contributed by atoms with van der Waals surface area (Å²) in [4.78, 5) is 4.62. The Morgan fingerprint density at radius 3 is 2.70 bits per heavy atom. The van der Waals surface area contributed by atoms with Crippen molar-refractivity contribution in [1.82, 2.24) is 10.3 Å². The van der Waals surface area contributed by atoms with Gasteiger partial charge < -0.3 is 14.8 Å². The summed E-state index contributed by atoms with van der Waals surface area (Å²) in [6.07, 6.45) is 0. The number of methoxy groups -OCH3 is 2. The topological polar surface area (TPSA) is 43.4 Å². The van der Waals surface area contributed by atoms with Gasteiger partial charge in [-0.15, -0.1) is 23.7 Å². The second-order valence-electron chi connectivity index (χ2n) is 3.97. The number of ether oxygens (including phenoxy) is 2. The summed E-state index contributed by atoms with van der Waals surface area (Å²) in [7, 11) is 3.30. The van der Waals surface area contributed by atoms with E-state index >= 15 is 0 Å². The number of halogens is 1. The van der Waals surface area contributed by atoms with E-state index in [4.69, 9.17) is 9.47 Å². The van der Waals surface area contributed by atoms with Crippen molar-refractivity contribution in [2.24, 2.45) is 0 Å². The Bertz CT molecular complexity index is 546. The van der Waals surface area contributed by atoms with E-state index in [9.17, 15) is 0 Å². The molecule has 6 heteroatoms. The molecule has 1 aromatic heterocycles. The summed E-state index contributed by atoms with van der Waals surface area (Å²) in [6, 6.07) is 5.77. The Morgan fingerprint density at radius 1 is 1.25 bits per heavy atom. The highest BCUT2D eigenvalue weighted by molar-refractivity contribution is 7.09. The molecule has 0 saturated heterocycles. The molecule has 2 rings (SSSR count). The number of rotatable bonds is 6. The summed E-state index contributed by atoms with van der Waals surface area (Å²) in [5.41, 5.74) is 1.93. The van der Waals surface area contributed by atoms with E-state index in [1.165, 1.54) is 0 Å². The van der Waals surface area contributed by atoms with Crippen LogP contribution in [0.5, 0.6) is 11.5 Å². The lowest BCUT2D eigenvalue weighted by Crippen LogP contribution is -2.11. The molecule has 20 heavy (non-hydrogen) atoms. The zero-order chi connectivity index (χ0) is 13.7. The van der Waals surface area contributed by atoms with Gasteiger partial charge in [-0.25, -0.2) is 4.98 Å². The quantitative estimate of drug-likeness (QED) is 0.888. The van der Waals surface area contributed by atoms with Crippen molar-refractivity contribution in [3.63, 3.8) is 0 Å². The first kappa shape index (κ1) is 16.8. The predicted molar refractivity (Wildman–Crippen MR) is 85.3 cm³/mol. The molecule has 0 aliphatic carbocycles. The molecule has 0 aliphatic rings. The highest BCUT2D eigenvalue weighted by atomic mass is 35.5. The van der Waals surface area contributed by atoms with Crippen LogP contribution < -0.4 is 14.8 Å². The van der Waals surface area contributed by atoms with Gasteiger partial charge in [-0.2, -0.15) is 0 Å². The molecule has 0 spiro atoms. The summed E-state index contributed by atoms with van der Waals surface area (Å²) in [5, 5.41) is 6.40. The van der Waals surface area contributed by atoms with E-state index in [-0.39, 0.29) is 12.4 Å². The third-order valence-electron chi connectivity index (χ3n) is 2.76. The first-order valence-corrected chi connectivity index (χ1v) is 7.04. The van der Waals surface area contributed by atoms with Crippen molar-refractivity contribution in [3.8, 4) is 22.8 Å². The smallest absolute Gasteiger partial charge is 0.131 e. The molecule has 0 radical (unpaired) electrons. The Hall–Kier alpha value is -1.30. The van der Waals surface area contributed by atoms with Crippen LogP contribution in [0, 0.1) is 0 Å². The van der Waals surface area contributed by atoms with Crippen LogP contribution in [0.25, 0.3) is 11.3 Å². The zero-order valence-corrected chi connectivity index (χ0v) is 13.4. The van der Waals surface area contributed by atoms with Crippen molar-refractivity contribution in [2.75, 3.05) is 20.8 Å². The van der Waals surface area contributed by atoms with Gasteiger partial charge in [-0.05, 0) is 18.7 Å². The molecule has 110 valence electrons. The van der Waals surface area contributed by atoms with E-state index in [0.717, 1.165) is 40.9 Å². The minimum atomic E-state index is 0. The van der Waals surface area contributed by atoms with Gasteiger partial charge in [0.1, 0.15) is 16.5 Å². The van der Waals surface area contributed by atoms with Gasteiger partial charge in [0.2, 0.25) is 0 Å². The summed E-state index contributed by atoms with van der Waals surface area (Å²) in [5.74, 6) is 1.56. The monoisotopic (exact) mass is 314 g/mol. The standard InChI is InChI=1S/C14H18N2O2S.ClH/c1-4-15-8-14-16-12(9-19-14)11-6-5-10(17-2)7-13(11)18-3;/h5-7,9,15H,4,8H2,1-3H3;1H. The first-order chi connectivity index (χ1) is 9.28. The van der Waals surface area contributed by atoms with Crippen LogP contribution in [-0.4, -0.2) is 25.7 Å². The van der Waals surface area contributed by atoms with Gasteiger partial charge in [0, 0.05) is 23.6 Å². The van der Waals surface area contributed by atoms with Gasteiger partial charge in [0.15, 0.2) is 0 Å². The van der Waals surface area contributed by atoms with E-state index in [1.807, 2.05) is 18.2 Å². The Balaban J connectivity index is 0.00000200. The molecule has 0 atom stereocenters. The number of nitrogens with one attached hydrogen (secondary N) is 1. The number of hydrogen-bond acceptors (Lipinski definition) is 5.